The van der Waals surface area contributed by atoms with Crippen molar-refractivity contribution < 1.29 is 23.8 Å². The molecule has 1 aliphatic rings. The maximum absolute atomic E-state index is 14.1. The summed E-state index contributed by atoms with van der Waals surface area (Å²) in [6.07, 6.45) is 1.54. The third-order valence-corrected chi connectivity index (χ3v) is 6.48. The first kappa shape index (κ1) is 26.0. The van der Waals surface area contributed by atoms with Crippen LogP contribution in [0.3, 0.4) is 0 Å². The molecule has 200 valence electrons. The summed E-state index contributed by atoms with van der Waals surface area (Å²) in [5.41, 5.74) is 7.77. The Kier molecular flexibility index (Phi) is 7.62. The van der Waals surface area contributed by atoms with E-state index in [0.717, 1.165) is 37.8 Å². The van der Waals surface area contributed by atoms with Crippen LogP contribution in [-0.4, -0.2) is 54.7 Å². The number of aromatic carboxylic acids is 1. The number of hydrogen-bond acceptors (Lipinski definition) is 9. The van der Waals surface area contributed by atoms with Crippen LogP contribution in [0.4, 0.5) is 4.39 Å². The van der Waals surface area contributed by atoms with E-state index < -0.39 is 11.8 Å². The first-order valence-corrected chi connectivity index (χ1v) is 12.4. The number of fused-ring (bicyclic) bond motifs is 1. The molecule has 4 aromatic rings. The highest BCUT2D eigenvalue weighted by Gasteiger charge is 2.23. The van der Waals surface area contributed by atoms with E-state index >= 15 is 0 Å². The highest BCUT2D eigenvalue weighted by atomic mass is 19.1. The molecule has 3 aromatic heterocycles. The van der Waals surface area contributed by atoms with Gasteiger partial charge in [0, 0.05) is 19.2 Å². The van der Waals surface area contributed by atoms with Gasteiger partial charge in [0.15, 0.2) is 22.9 Å². The summed E-state index contributed by atoms with van der Waals surface area (Å²) in [7, 11) is 0. The molecule has 1 aromatic carbocycles. The average molecular weight is 532 g/mol. The van der Waals surface area contributed by atoms with Crippen LogP contribution in [0, 0.1) is 17.1 Å². The Morgan fingerprint density at radius 2 is 1.97 bits per heavy atom. The number of carboxylic acid groups (broad SMARTS) is 1. The van der Waals surface area contributed by atoms with Crippen LogP contribution in [0.25, 0.3) is 11.2 Å². The Balaban J connectivity index is 1.16. The topological polar surface area (TPSA) is 152 Å². The summed E-state index contributed by atoms with van der Waals surface area (Å²) in [6, 6.07) is 14.4. The van der Waals surface area contributed by atoms with E-state index in [9.17, 15) is 14.3 Å². The lowest BCUT2D eigenvalue weighted by Gasteiger charge is -2.31. The minimum Gasteiger partial charge on any atom is -0.484 e. The Bertz CT molecular complexity index is 1540. The minimum atomic E-state index is -1.10. The number of carboxylic acids is 1. The maximum Gasteiger partial charge on any atom is 0.354 e. The van der Waals surface area contributed by atoms with Crippen LogP contribution in [0.5, 0.6) is 11.6 Å². The molecule has 0 radical (unpaired) electrons. The lowest BCUT2D eigenvalue weighted by molar-refractivity contribution is 0.0691. The number of benzene rings is 1. The monoisotopic (exact) mass is 531 g/mol. The number of likely N-dealkylation sites (tertiary alicyclic amines) is 1. The predicted molar refractivity (Wildman–Crippen MR) is 137 cm³/mol. The number of rotatable bonds is 9. The maximum atomic E-state index is 14.1. The number of nitriles is 1. The lowest BCUT2D eigenvalue weighted by Crippen LogP contribution is -2.38. The van der Waals surface area contributed by atoms with Crippen LogP contribution in [0.2, 0.25) is 0 Å². The van der Waals surface area contributed by atoms with Crippen LogP contribution in [-0.2, 0) is 19.8 Å². The Morgan fingerprint density at radius 3 is 2.69 bits per heavy atom. The molecule has 0 bridgehead atoms. The third-order valence-electron chi connectivity index (χ3n) is 6.48. The van der Waals surface area contributed by atoms with Gasteiger partial charge in [0.25, 0.3) is 0 Å². The lowest BCUT2D eigenvalue weighted by atomic mass is 10.1. The Morgan fingerprint density at radius 1 is 1.15 bits per heavy atom. The average Bonchev–Trinajstić information content (AvgIpc) is 3.29. The normalized spacial score (nSPS) is 14.3. The SMILES string of the molecule is N#Cc1ccc(OCc2cccc(OC3CCN(Cc4nc5ccc(C(=O)O)nc5n4CN)CC3)n2)c(F)c1. The number of carbonyl (C=O) groups is 1. The molecular formula is C27H26FN7O4. The van der Waals surface area contributed by atoms with Crippen molar-refractivity contribution >= 4 is 17.1 Å². The number of ether oxygens (including phenoxy) is 2. The highest BCUT2D eigenvalue weighted by Crippen LogP contribution is 2.22. The van der Waals surface area contributed by atoms with Crippen LogP contribution < -0.4 is 15.2 Å². The van der Waals surface area contributed by atoms with Gasteiger partial charge in [0.2, 0.25) is 5.88 Å². The molecule has 12 heteroatoms. The van der Waals surface area contributed by atoms with Crippen LogP contribution >= 0.6 is 0 Å². The van der Waals surface area contributed by atoms with Gasteiger partial charge in [-0.15, -0.1) is 0 Å². The zero-order chi connectivity index (χ0) is 27.4. The number of hydrogen-bond donors (Lipinski definition) is 2. The molecule has 0 atom stereocenters. The van der Waals surface area contributed by atoms with E-state index in [1.54, 1.807) is 22.8 Å². The van der Waals surface area contributed by atoms with Gasteiger partial charge in [-0.05, 0) is 49.2 Å². The zero-order valence-electron chi connectivity index (χ0n) is 21.0. The summed E-state index contributed by atoms with van der Waals surface area (Å²) in [5, 5.41) is 18.1. The van der Waals surface area contributed by atoms with Crippen molar-refractivity contribution in [1.29, 1.82) is 5.26 Å². The van der Waals surface area contributed by atoms with Gasteiger partial charge in [-0.1, -0.05) is 6.07 Å². The number of pyridine rings is 2. The van der Waals surface area contributed by atoms with Crippen molar-refractivity contribution in [2.45, 2.75) is 38.8 Å². The molecule has 4 heterocycles. The molecule has 5 rings (SSSR count). The second kappa shape index (κ2) is 11.4. The fourth-order valence-corrected chi connectivity index (χ4v) is 4.48. The molecule has 11 nitrogen and oxygen atoms in total. The Labute approximate surface area is 223 Å². The number of halogens is 1. The Hall–Kier alpha value is -4.60. The summed E-state index contributed by atoms with van der Waals surface area (Å²) in [4.78, 5) is 26.9. The summed E-state index contributed by atoms with van der Waals surface area (Å²) >= 11 is 0. The van der Waals surface area contributed by atoms with Crippen LogP contribution in [0.1, 0.15) is 40.4 Å². The van der Waals surface area contributed by atoms with Crippen molar-refractivity contribution in [3.05, 3.63) is 77.1 Å². The fourth-order valence-electron chi connectivity index (χ4n) is 4.48. The van der Waals surface area contributed by atoms with Crippen molar-refractivity contribution in [2.75, 3.05) is 13.1 Å². The molecule has 0 saturated carbocycles. The van der Waals surface area contributed by atoms with Gasteiger partial charge < -0.3 is 20.3 Å². The van der Waals surface area contributed by atoms with Crippen molar-refractivity contribution in [2.24, 2.45) is 5.73 Å². The number of piperidine rings is 1. The van der Waals surface area contributed by atoms with Gasteiger partial charge in [0.1, 0.15) is 24.1 Å². The van der Waals surface area contributed by atoms with Gasteiger partial charge >= 0.3 is 5.97 Å². The molecule has 3 N–H and O–H groups in total. The molecule has 0 amide bonds. The van der Waals surface area contributed by atoms with Crippen molar-refractivity contribution in [3.8, 4) is 17.7 Å². The van der Waals surface area contributed by atoms with E-state index in [2.05, 4.69) is 19.9 Å². The molecule has 1 fully saturated rings. The zero-order valence-corrected chi connectivity index (χ0v) is 21.0. The molecule has 39 heavy (non-hydrogen) atoms. The predicted octanol–water partition coefficient (Wildman–Crippen LogP) is 3.07. The van der Waals surface area contributed by atoms with E-state index in [1.165, 1.54) is 18.2 Å². The van der Waals surface area contributed by atoms with E-state index in [0.29, 0.717) is 29.3 Å². The standard InChI is InChI=1S/C27H26FN7O4/c28-20-12-17(13-29)4-7-23(20)38-15-18-2-1-3-25(31-18)39-19-8-10-34(11-9-19)14-24-32-21-5-6-22(27(36)37)33-26(21)35(24)16-30/h1-7,12,19H,8-11,14-16,30H2,(H,36,37). The van der Waals surface area contributed by atoms with Gasteiger partial charge in [-0.3, -0.25) is 9.47 Å². The third kappa shape index (κ3) is 5.95. The van der Waals surface area contributed by atoms with Crippen molar-refractivity contribution in [1.82, 2.24) is 24.4 Å². The van der Waals surface area contributed by atoms with Gasteiger partial charge in [0.05, 0.1) is 30.5 Å². The molecule has 0 spiro atoms. The smallest absolute Gasteiger partial charge is 0.354 e. The second-order valence-electron chi connectivity index (χ2n) is 9.09. The summed E-state index contributed by atoms with van der Waals surface area (Å²) in [5.74, 6) is -0.444. The number of nitrogens with two attached hydrogens (primary N) is 1. The van der Waals surface area contributed by atoms with E-state index in [4.69, 9.17) is 20.5 Å². The largest absolute Gasteiger partial charge is 0.484 e. The minimum absolute atomic E-state index is 0.0194. The molecule has 0 aliphatic carbocycles. The molecule has 0 unspecified atom stereocenters. The first-order valence-electron chi connectivity index (χ1n) is 12.4. The molecule has 1 saturated heterocycles. The first-order chi connectivity index (χ1) is 18.9. The van der Waals surface area contributed by atoms with Gasteiger partial charge in [-0.2, -0.15) is 5.26 Å². The highest BCUT2D eigenvalue weighted by molar-refractivity contribution is 5.88. The molecule has 1 aliphatic heterocycles. The fraction of sp³-hybridized carbons (Fsp3) is 0.296. The van der Waals surface area contributed by atoms with Gasteiger partial charge in [-0.25, -0.2) is 24.1 Å². The summed E-state index contributed by atoms with van der Waals surface area (Å²) in [6.45, 7) is 2.30. The molecular weight excluding hydrogens is 505 g/mol. The second-order valence-corrected chi connectivity index (χ2v) is 9.09. The number of aromatic nitrogens is 4. The van der Waals surface area contributed by atoms with Crippen LogP contribution in [0.15, 0.2) is 48.5 Å². The summed E-state index contributed by atoms with van der Waals surface area (Å²) < 4.78 is 27.5. The van der Waals surface area contributed by atoms with E-state index in [1.807, 2.05) is 12.1 Å². The van der Waals surface area contributed by atoms with Crippen molar-refractivity contribution in [3.63, 3.8) is 0 Å². The van der Waals surface area contributed by atoms with E-state index in [-0.39, 0.29) is 36.4 Å². The quantitative estimate of drug-likeness (QED) is 0.329. The number of nitrogens with zero attached hydrogens (tertiary/aromatic N) is 6. The number of imidazole rings is 1.